The molecule has 10 heteroatoms. The highest BCUT2D eigenvalue weighted by Crippen LogP contribution is 2.23. The molecule has 1 aromatic heterocycles. The van der Waals surface area contributed by atoms with Crippen LogP contribution in [-0.2, 0) is 0 Å². The van der Waals surface area contributed by atoms with Gasteiger partial charge in [-0.3, -0.25) is 14.9 Å². The summed E-state index contributed by atoms with van der Waals surface area (Å²) in [6.07, 6.45) is 2.65. The van der Waals surface area contributed by atoms with Gasteiger partial charge in [-0.2, -0.15) is 5.10 Å². The van der Waals surface area contributed by atoms with E-state index in [0.717, 1.165) is 6.54 Å². The van der Waals surface area contributed by atoms with Crippen molar-refractivity contribution in [3.8, 4) is 5.69 Å². The molecule has 0 radical (unpaired) electrons. The predicted molar refractivity (Wildman–Crippen MR) is 90.7 cm³/mol. The Morgan fingerprint density at radius 2 is 2.21 bits per heavy atom. The second kappa shape index (κ2) is 8.94. The summed E-state index contributed by atoms with van der Waals surface area (Å²) < 4.78 is 1.28. The fourth-order valence-corrected chi connectivity index (χ4v) is 2.11. The molecule has 2 aromatic rings. The quantitative estimate of drug-likeness (QED) is 0.572. The molecule has 130 valence electrons. The number of nitro benzene ring substituents is 1. The van der Waals surface area contributed by atoms with E-state index in [1.54, 1.807) is 0 Å². The molecular weight excluding hydrogens is 336 g/mol. The maximum Gasteiger partial charge on any atom is 0.295 e. The largest absolute Gasteiger partial charge is 0.350 e. The van der Waals surface area contributed by atoms with Crippen molar-refractivity contribution in [3.63, 3.8) is 0 Å². The first-order valence-electron chi connectivity index (χ1n) is 7.18. The summed E-state index contributed by atoms with van der Waals surface area (Å²) in [7, 11) is 0. The van der Waals surface area contributed by atoms with Crippen molar-refractivity contribution >= 4 is 24.0 Å². The lowest BCUT2D eigenvalue weighted by Gasteiger charge is -2.13. The standard InChI is InChI=1S/C14H18N6O3.ClH/c1-3-16-10(2)7-17-14(21)11-4-5-12(13(6-11)20(22)23)19-9-15-8-18-19;/h4-6,8-10,16H,3,7H2,1-2H3,(H,17,21);1H/t10-;/m1./s1. The van der Waals surface area contributed by atoms with E-state index in [9.17, 15) is 14.9 Å². The molecule has 1 heterocycles. The third-order valence-electron chi connectivity index (χ3n) is 3.22. The molecule has 24 heavy (non-hydrogen) atoms. The average Bonchev–Trinajstić information content (AvgIpc) is 3.06. The molecule has 0 saturated carbocycles. The molecule has 0 aliphatic heterocycles. The van der Waals surface area contributed by atoms with Gasteiger partial charge in [-0.15, -0.1) is 12.4 Å². The second-order valence-corrected chi connectivity index (χ2v) is 4.97. The highest BCUT2D eigenvalue weighted by atomic mass is 35.5. The molecular formula is C14H19ClN6O3. The zero-order valence-electron chi connectivity index (χ0n) is 13.3. The summed E-state index contributed by atoms with van der Waals surface area (Å²) in [5, 5.41) is 21.0. The van der Waals surface area contributed by atoms with Crippen LogP contribution in [0.4, 0.5) is 5.69 Å². The van der Waals surface area contributed by atoms with E-state index in [1.165, 1.54) is 35.5 Å². The van der Waals surface area contributed by atoms with E-state index < -0.39 is 4.92 Å². The van der Waals surface area contributed by atoms with Gasteiger partial charge in [0, 0.05) is 24.2 Å². The molecule has 0 bridgehead atoms. The highest BCUT2D eigenvalue weighted by molar-refractivity contribution is 5.95. The molecule has 1 aromatic carbocycles. The number of nitro groups is 1. The molecule has 0 saturated heterocycles. The molecule has 2 N–H and O–H groups in total. The number of carbonyl (C=O) groups excluding carboxylic acids is 1. The van der Waals surface area contributed by atoms with Crippen LogP contribution in [0, 0.1) is 10.1 Å². The van der Waals surface area contributed by atoms with Crippen molar-refractivity contribution in [2.45, 2.75) is 19.9 Å². The Hall–Kier alpha value is -2.52. The van der Waals surface area contributed by atoms with Crippen molar-refractivity contribution < 1.29 is 9.72 Å². The Labute approximate surface area is 145 Å². The van der Waals surface area contributed by atoms with E-state index in [-0.39, 0.29) is 41.3 Å². The zero-order valence-corrected chi connectivity index (χ0v) is 14.1. The topological polar surface area (TPSA) is 115 Å². The normalized spacial score (nSPS) is 11.4. The number of carbonyl (C=O) groups is 1. The van der Waals surface area contributed by atoms with E-state index in [1.807, 2.05) is 13.8 Å². The third-order valence-corrected chi connectivity index (χ3v) is 3.22. The van der Waals surface area contributed by atoms with Gasteiger partial charge in [-0.1, -0.05) is 6.92 Å². The van der Waals surface area contributed by atoms with Gasteiger partial charge in [-0.05, 0) is 25.6 Å². The first-order valence-corrected chi connectivity index (χ1v) is 7.18. The number of benzene rings is 1. The molecule has 0 aliphatic carbocycles. The summed E-state index contributed by atoms with van der Waals surface area (Å²) >= 11 is 0. The summed E-state index contributed by atoms with van der Waals surface area (Å²) in [4.78, 5) is 26.6. The molecule has 1 atom stereocenters. The van der Waals surface area contributed by atoms with Crippen LogP contribution in [0.2, 0.25) is 0 Å². The number of nitrogens with one attached hydrogen (secondary N) is 2. The Kier molecular flexibility index (Phi) is 7.28. The van der Waals surface area contributed by atoms with Gasteiger partial charge in [0.05, 0.1) is 4.92 Å². The molecule has 2 rings (SSSR count). The lowest BCUT2D eigenvalue weighted by molar-refractivity contribution is -0.384. The molecule has 9 nitrogen and oxygen atoms in total. The summed E-state index contributed by atoms with van der Waals surface area (Å²) in [5.74, 6) is -0.358. The van der Waals surface area contributed by atoms with Crippen LogP contribution >= 0.6 is 12.4 Å². The summed E-state index contributed by atoms with van der Waals surface area (Å²) in [6, 6.07) is 4.37. The molecule has 0 aliphatic rings. The second-order valence-electron chi connectivity index (χ2n) is 4.97. The van der Waals surface area contributed by atoms with Crippen molar-refractivity contribution in [2.24, 2.45) is 0 Å². The van der Waals surface area contributed by atoms with Gasteiger partial charge >= 0.3 is 0 Å². The minimum Gasteiger partial charge on any atom is -0.350 e. The van der Waals surface area contributed by atoms with Crippen molar-refractivity contribution in [3.05, 3.63) is 46.5 Å². The van der Waals surface area contributed by atoms with Crippen LogP contribution in [0.3, 0.4) is 0 Å². The lowest BCUT2D eigenvalue weighted by Crippen LogP contribution is -2.38. The van der Waals surface area contributed by atoms with Crippen LogP contribution in [0.25, 0.3) is 5.69 Å². The van der Waals surface area contributed by atoms with Crippen molar-refractivity contribution in [1.29, 1.82) is 0 Å². The Bertz CT molecular complexity index is 692. The van der Waals surface area contributed by atoms with Crippen LogP contribution in [0.1, 0.15) is 24.2 Å². The first kappa shape index (κ1) is 19.5. The highest BCUT2D eigenvalue weighted by Gasteiger charge is 2.19. The molecule has 1 amide bonds. The smallest absolute Gasteiger partial charge is 0.295 e. The Morgan fingerprint density at radius 1 is 1.46 bits per heavy atom. The minimum atomic E-state index is -0.547. The number of rotatable bonds is 7. The van der Waals surface area contributed by atoms with Crippen LogP contribution in [0.15, 0.2) is 30.9 Å². The number of amides is 1. The van der Waals surface area contributed by atoms with E-state index in [4.69, 9.17) is 0 Å². The third kappa shape index (κ3) is 4.74. The number of hydrogen-bond donors (Lipinski definition) is 2. The summed E-state index contributed by atoms with van der Waals surface area (Å²) in [6.45, 7) is 5.16. The van der Waals surface area contributed by atoms with Gasteiger partial charge in [0.15, 0.2) is 0 Å². The minimum absolute atomic E-state index is 0. The maximum absolute atomic E-state index is 12.1. The van der Waals surface area contributed by atoms with Gasteiger partial charge in [0.25, 0.3) is 11.6 Å². The van der Waals surface area contributed by atoms with E-state index in [2.05, 4.69) is 20.7 Å². The number of likely N-dealkylation sites (N-methyl/N-ethyl adjacent to an activating group) is 1. The molecule has 0 unspecified atom stereocenters. The molecule has 0 spiro atoms. The maximum atomic E-state index is 12.1. The zero-order chi connectivity index (χ0) is 16.8. The van der Waals surface area contributed by atoms with Crippen LogP contribution in [-0.4, -0.2) is 44.7 Å². The number of hydrogen-bond acceptors (Lipinski definition) is 6. The number of halogens is 1. The van der Waals surface area contributed by atoms with Gasteiger partial charge in [0.1, 0.15) is 18.3 Å². The van der Waals surface area contributed by atoms with Crippen LogP contribution < -0.4 is 10.6 Å². The fraction of sp³-hybridized carbons (Fsp3) is 0.357. The van der Waals surface area contributed by atoms with E-state index >= 15 is 0 Å². The SMILES string of the molecule is CCN[C@H](C)CNC(=O)c1ccc(-n2cncn2)c([N+](=O)[O-])c1.Cl. The predicted octanol–water partition coefficient (Wildman–Crippen LogP) is 1.33. The number of nitrogens with zero attached hydrogens (tertiary/aromatic N) is 4. The molecule has 0 fully saturated rings. The summed E-state index contributed by atoms with van der Waals surface area (Å²) in [5.41, 5.74) is 0.275. The number of aromatic nitrogens is 3. The van der Waals surface area contributed by atoms with E-state index in [0.29, 0.717) is 6.54 Å². The Morgan fingerprint density at radius 3 is 2.79 bits per heavy atom. The monoisotopic (exact) mass is 354 g/mol. The van der Waals surface area contributed by atoms with Gasteiger partial charge in [0.2, 0.25) is 0 Å². The lowest BCUT2D eigenvalue weighted by atomic mass is 10.1. The first-order chi connectivity index (χ1) is 11.0. The average molecular weight is 355 g/mol. The Balaban J connectivity index is 0.00000288. The van der Waals surface area contributed by atoms with Crippen molar-refractivity contribution in [2.75, 3.05) is 13.1 Å². The van der Waals surface area contributed by atoms with Crippen LogP contribution in [0.5, 0.6) is 0 Å². The van der Waals surface area contributed by atoms with Gasteiger partial charge < -0.3 is 10.6 Å². The van der Waals surface area contributed by atoms with Crippen molar-refractivity contribution in [1.82, 2.24) is 25.4 Å². The fourth-order valence-electron chi connectivity index (χ4n) is 2.11. The van der Waals surface area contributed by atoms with Gasteiger partial charge in [-0.25, -0.2) is 9.67 Å².